The molecule has 3 aliphatic rings. The van der Waals surface area contributed by atoms with E-state index in [-0.39, 0.29) is 0 Å². The van der Waals surface area contributed by atoms with Crippen LogP contribution in [0.2, 0.25) is 0 Å². The van der Waals surface area contributed by atoms with Crippen molar-refractivity contribution in [1.29, 1.82) is 0 Å². The summed E-state index contributed by atoms with van der Waals surface area (Å²) in [5, 5.41) is 3.98. The number of rotatable bonds is 4. The smallest absolute Gasteiger partial charge is 0.0955 e. The molecule has 1 unspecified atom stereocenters. The lowest BCUT2D eigenvalue weighted by Crippen LogP contribution is -2.47. The maximum atomic E-state index is 7.01. The maximum Gasteiger partial charge on any atom is 0.0955 e. The van der Waals surface area contributed by atoms with Crippen molar-refractivity contribution in [3.05, 3.63) is 151 Å². The molecule has 0 aliphatic carbocycles. The molecule has 0 amide bonds. The topological polar surface area (TPSA) is 9.72 Å². The van der Waals surface area contributed by atoms with E-state index in [1.54, 1.807) is 0 Å². The molecule has 206 valence electrons. The zero-order chi connectivity index (χ0) is 28.5. The minimum Gasteiger partial charge on any atom is -0.349 e. The summed E-state index contributed by atoms with van der Waals surface area (Å²) in [5.41, 5.74) is 11.1. The average molecular weight is 590 g/mol. The SMILES string of the molecule is S=P12c3ccccc3-c3cccc(c31)N1CN(c3ccccc3)Cc3cc(N(c4ccccc4)c4ccccc4)cc2c31. The van der Waals surface area contributed by atoms with Gasteiger partial charge in [0.05, 0.1) is 18.0 Å². The number of benzene rings is 6. The van der Waals surface area contributed by atoms with E-state index in [1.165, 1.54) is 49.7 Å². The molecule has 43 heavy (non-hydrogen) atoms. The average Bonchev–Trinajstić information content (AvgIpc) is 3.34. The minimum atomic E-state index is -2.31. The lowest BCUT2D eigenvalue weighted by molar-refractivity contribution is 0.755. The second-order valence-corrected chi connectivity index (χ2v) is 15.7. The summed E-state index contributed by atoms with van der Waals surface area (Å²) in [7, 11) is 0. The van der Waals surface area contributed by atoms with Gasteiger partial charge in [-0.25, -0.2) is 0 Å². The van der Waals surface area contributed by atoms with Gasteiger partial charge in [0.25, 0.3) is 0 Å². The van der Waals surface area contributed by atoms with Gasteiger partial charge in [0.2, 0.25) is 0 Å². The van der Waals surface area contributed by atoms with Crippen molar-refractivity contribution < 1.29 is 0 Å². The predicted molar refractivity (Wildman–Crippen MR) is 186 cm³/mol. The molecule has 1 atom stereocenters. The molecule has 3 aliphatic heterocycles. The summed E-state index contributed by atoms with van der Waals surface area (Å²) >= 11 is 7.01. The Morgan fingerprint density at radius 3 is 1.93 bits per heavy atom. The highest BCUT2D eigenvalue weighted by atomic mass is 32.4. The molecule has 5 heteroatoms. The summed E-state index contributed by atoms with van der Waals surface area (Å²) in [6.45, 7) is 1.60. The Bertz CT molecular complexity index is 2040. The van der Waals surface area contributed by atoms with Crippen molar-refractivity contribution in [2.75, 3.05) is 21.4 Å². The van der Waals surface area contributed by atoms with Gasteiger partial charge in [-0.1, -0.05) is 103 Å². The molecule has 0 radical (unpaired) electrons. The van der Waals surface area contributed by atoms with Crippen molar-refractivity contribution >= 4 is 67.9 Å². The van der Waals surface area contributed by atoms with E-state index >= 15 is 0 Å². The molecule has 0 spiro atoms. The number of nitrogens with zero attached hydrogens (tertiary/aromatic N) is 3. The van der Waals surface area contributed by atoms with Crippen molar-refractivity contribution in [1.82, 2.24) is 0 Å². The van der Waals surface area contributed by atoms with Gasteiger partial charge in [0.15, 0.2) is 0 Å². The molecule has 3 nitrogen and oxygen atoms in total. The quantitative estimate of drug-likeness (QED) is 0.191. The fraction of sp³-hybridized carbons (Fsp3) is 0.0526. The van der Waals surface area contributed by atoms with E-state index in [0.29, 0.717) is 0 Å². The molecule has 3 heterocycles. The third-order valence-electron chi connectivity index (χ3n) is 9.00. The molecule has 0 fully saturated rings. The Balaban J connectivity index is 1.36. The summed E-state index contributed by atoms with van der Waals surface area (Å²) in [4.78, 5) is 7.41. The normalized spacial score (nSPS) is 17.2. The fourth-order valence-corrected chi connectivity index (χ4v) is 12.2. The first kappa shape index (κ1) is 24.9. The molecule has 0 saturated heterocycles. The number of hydrogen-bond acceptors (Lipinski definition) is 4. The lowest BCUT2D eigenvalue weighted by atomic mass is 10.0. The second kappa shape index (κ2) is 9.44. The molecular weight excluding hydrogens is 561 g/mol. The largest absolute Gasteiger partial charge is 0.349 e. The second-order valence-electron chi connectivity index (χ2n) is 11.4. The van der Waals surface area contributed by atoms with Crippen LogP contribution in [-0.4, -0.2) is 6.67 Å². The molecule has 9 rings (SSSR count). The monoisotopic (exact) mass is 589 g/mol. The van der Waals surface area contributed by atoms with Gasteiger partial charge in [-0.3, -0.25) is 0 Å². The summed E-state index contributed by atoms with van der Waals surface area (Å²) in [6, 6.07) is 50.3. The highest BCUT2D eigenvalue weighted by Gasteiger charge is 2.46. The molecule has 0 aromatic heterocycles. The molecule has 6 aromatic rings. The predicted octanol–water partition coefficient (Wildman–Crippen LogP) is 8.32. The lowest BCUT2D eigenvalue weighted by Gasteiger charge is -2.46. The van der Waals surface area contributed by atoms with Crippen LogP contribution in [0.25, 0.3) is 11.1 Å². The van der Waals surface area contributed by atoms with Crippen LogP contribution in [-0.2, 0) is 18.4 Å². The first-order valence-corrected chi connectivity index (χ1v) is 17.5. The van der Waals surface area contributed by atoms with E-state index in [9.17, 15) is 0 Å². The van der Waals surface area contributed by atoms with Gasteiger partial charge < -0.3 is 14.7 Å². The van der Waals surface area contributed by atoms with E-state index < -0.39 is 6.04 Å². The van der Waals surface area contributed by atoms with Crippen LogP contribution in [0.3, 0.4) is 0 Å². The Morgan fingerprint density at radius 1 is 0.581 bits per heavy atom. The molecule has 0 bridgehead atoms. The van der Waals surface area contributed by atoms with Crippen LogP contribution in [0.5, 0.6) is 0 Å². The summed E-state index contributed by atoms with van der Waals surface area (Å²) in [6.07, 6.45) is 0. The highest BCUT2D eigenvalue weighted by Crippen LogP contribution is 2.61. The minimum absolute atomic E-state index is 0.784. The van der Waals surface area contributed by atoms with Gasteiger partial charge in [0, 0.05) is 51.2 Å². The Kier molecular flexibility index (Phi) is 5.47. The Hall–Kier alpha value is -4.63. The van der Waals surface area contributed by atoms with Crippen LogP contribution in [0.1, 0.15) is 5.56 Å². The van der Waals surface area contributed by atoms with Crippen LogP contribution in [0.4, 0.5) is 34.1 Å². The summed E-state index contributed by atoms with van der Waals surface area (Å²) in [5.74, 6) is 0. The van der Waals surface area contributed by atoms with Gasteiger partial charge in [0.1, 0.15) is 0 Å². The van der Waals surface area contributed by atoms with Crippen molar-refractivity contribution in [2.45, 2.75) is 6.54 Å². The van der Waals surface area contributed by atoms with Crippen LogP contribution in [0.15, 0.2) is 146 Å². The number of anilines is 6. The van der Waals surface area contributed by atoms with E-state index in [2.05, 4.69) is 160 Å². The highest BCUT2D eigenvalue weighted by molar-refractivity contribution is 8.26. The first-order valence-electron chi connectivity index (χ1n) is 14.7. The van der Waals surface area contributed by atoms with Crippen LogP contribution >= 0.6 is 6.04 Å². The number of fused-ring (bicyclic) bond motifs is 5. The van der Waals surface area contributed by atoms with Gasteiger partial charge in [-0.2, -0.15) is 0 Å². The van der Waals surface area contributed by atoms with Crippen molar-refractivity contribution in [3.8, 4) is 11.1 Å². The van der Waals surface area contributed by atoms with Crippen LogP contribution in [0, 0.1) is 0 Å². The van der Waals surface area contributed by atoms with Crippen LogP contribution < -0.4 is 30.6 Å². The molecular formula is C38H28N3PS. The van der Waals surface area contributed by atoms with Gasteiger partial charge in [-0.15, -0.1) is 0 Å². The Labute approximate surface area is 257 Å². The Morgan fingerprint density at radius 2 is 1.21 bits per heavy atom. The van der Waals surface area contributed by atoms with E-state index in [4.69, 9.17) is 11.8 Å². The third kappa shape index (κ3) is 3.57. The van der Waals surface area contributed by atoms with Crippen molar-refractivity contribution in [2.24, 2.45) is 0 Å². The zero-order valence-electron chi connectivity index (χ0n) is 23.5. The zero-order valence-corrected chi connectivity index (χ0v) is 25.2. The van der Waals surface area contributed by atoms with E-state index in [1.807, 2.05) is 0 Å². The molecule has 6 aromatic carbocycles. The molecule has 0 N–H and O–H groups in total. The number of hydrogen-bond donors (Lipinski definition) is 0. The molecule has 0 saturated carbocycles. The standard InChI is InChI=1S/C38H28N3PS/c43-42-35-22-11-10-19-32(35)33-20-12-21-34(38(33)42)40-26-39(28-13-4-1-5-14-28)25-27-23-31(24-36(42)37(27)40)41(29-15-6-2-7-16-29)30-17-8-3-9-18-30/h1-24H,25-26H2. The van der Waals surface area contributed by atoms with E-state index in [0.717, 1.165) is 30.3 Å². The summed E-state index contributed by atoms with van der Waals surface area (Å²) < 4.78 is 0. The fourth-order valence-electron chi connectivity index (χ4n) is 7.21. The van der Waals surface area contributed by atoms with Gasteiger partial charge >= 0.3 is 0 Å². The maximum absolute atomic E-state index is 7.01. The first-order chi connectivity index (χ1) is 21.2. The third-order valence-corrected chi connectivity index (χ3v) is 13.9. The number of para-hydroxylation sites is 3. The van der Waals surface area contributed by atoms with Gasteiger partial charge in [-0.05, 0) is 71.3 Å². The van der Waals surface area contributed by atoms with Crippen molar-refractivity contribution in [3.63, 3.8) is 0 Å².